The molecule has 4 heteroatoms. The molecule has 2 rings (SSSR count). The van der Waals surface area contributed by atoms with Gasteiger partial charge in [-0.3, -0.25) is 4.98 Å². The van der Waals surface area contributed by atoms with Crippen LogP contribution >= 0.6 is 12.4 Å². The second kappa shape index (κ2) is 5.80. The molecule has 1 aromatic carbocycles. The zero-order valence-corrected chi connectivity index (χ0v) is 9.78. The van der Waals surface area contributed by atoms with E-state index in [9.17, 15) is 0 Å². The fourth-order valence-electron chi connectivity index (χ4n) is 1.78. The van der Waals surface area contributed by atoms with Crippen molar-refractivity contribution in [2.45, 2.75) is 12.5 Å². The molecule has 0 bridgehead atoms. The van der Waals surface area contributed by atoms with Crippen LogP contribution in [0.25, 0.3) is 10.9 Å². The lowest BCUT2D eigenvalue weighted by atomic mass is 10.0. The first-order chi connectivity index (χ1) is 7.33. The van der Waals surface area contributed by atoms with E-state index < -0.39 is 0 Å². The molecule has 0 aliphatic heterocycles. The number of rotatable bonds is 3. The van der Waals surface area contributed by atoms with Gasteiger partial charge in [-0.2, -0.15) is 0 Å². The number of nitrogens with two attached hydrogens (primary N) is 2. The van der Waals surface area contributed by atoms with E-state index in [2.05, 4.69) is 4.98 Å². The van der Waals surface area contributed by atoms with E-state index in [1.165, 1.54) is 0 Å². The van der Waals surface area contributed by atoms with Crippen molar-refractivity contribution in [2.24, 2.45) is 11.5 Å². The molecule has 0 fully saturated rings. The molecule has 0 aliphatic carbocycles. The first kappa shape index (κ1) is 12.9. The number of halogens is 1. The predicted molar refractivity (Wildman–Crippen MR) is 69.6 cm³/mol. The summed E-state index contributed by atoms with van der Waals surface area (Å²) < 4.78 is 0. The van der Waals surface area contributed by atoms with Crippen LogP contribution in [0.15, 0.2) is 36.5 Å². The molecule has 4 N–H and O–H groups in total. The molecule has 0 radical (unpaired) electrons. The fourth-order valence-corrected chi connectivity index (χ4v) is 1.78. The van der Waals surface area contributed by atoms with Crippen molar-refractivity contribution in [3.05, 3.63) is 42.1 Å². The van der Waals surface area contributed by atoms with Crippen molar-refractivity contribution >= 4 is 23.3 Å². The molecule has 0 unspecified atom stereocenters. The maximum atomic E-state index is 6.06. The summed E-state index contributed by atoms with van der Waals surface area (Å²) in [5.74, 6) is 0. The topological polar surface area (TPSA) is 64.9 Å². The Kier molecular flexibility index (Phi) is 4.68. The number of para-hydroxylation sites is 1. The second-order valence-electron chi connectivity index (χ2n) is 3.60. The van der Waals surface area contributed by atoms with E-state index in [-0.39, 0.29) is 18.4 Å². The smallest absolute Gasteiger partial charge is 0.0705 e. The minimum atomic E-state index is 0. The standard InChI is InChI=1S/C12H15N3.ClH/c13-7-5-11(14)9-6-8-15-12-4-2-1-3-10(9)12;/h1-4,6,8,11H,5,7,13-14H2;1H/t11-;/m0./s1. The van der Waals surface area contributed by atoms with E-state index >= 15 is 0 Å². The lowest BCUT2D eigenvalue weighted by molar-refractivity contribution is 0.665. The molecule has 86 valence electrons. The maximum Gasteiger partial charge on any atom is 0.0705 e. The largest absolute Gasteiger partial charge is 0.330 e. The third kappa shape index (κ3) is 2.50. The van der Waals surface area contributed by atoms with Crippen LogP contribution < -0.4 is 11.5 Å². The Morgan fingerprint density at radius 1 is 1.19 bits per heavy atom. The number of hydrogen-bond acceptors (Lipinski definition) is 3. The number of fused-ring (bicyclic) bond motifs is 1. The Labute approximate surface area is 101 Å². The number of benzene rings is 1. The van der Waals surface area contributed by atoms with Gasteiger partial charge >= 0.3 is 0 Å². The first-order valence-corrected chi connectivity index (χ1v) is 5.12. The van der Waals surface area contributed by atoms with Gasteiger partial charge in [0.2, 0.25) is 0 Å². The Balaban J connectivity index is 0.00000128. The van der Waals surface area contributed by atoms with Crippen LogP contribution in [0, 0.1) is 0 Å². The normalized spacial score (nSPS) is 12.1. The van der Waals surface area contributed by atoms with E-state index in [1.54, 1.807) is 6.20 Å². The Hall–Kier alpha value is -1.16. The van der Waals surface area contributed by atoms with Crippen LogP contribution in [-0.4, -0.2) is 11.5 Å². The van der Waals surface area contributed by atoms with E-state index in [4.69, 9.17) is 11.5 Å². The summed E-state index contributed by atoms with van der Waals surface area (Å²) in [6.07, 6.45) is 2.60. The number of pyridine rings is 1. The van der Waals surface area contributed by atoms with Gasteiger partial charge in [0.15, 0.2) is 0 Å². The van der Waals surface area contributed by atoms with Crippen molar-refractivity contribution in [1.82, 2.24) is 4.98 Å². The van der Waals surface area contributed by atoms with Gasteiger partial charge in [0.25, 0.3) is 0 Å². The second-order valence-corrected chi connectivity index (χ2v) is 3.60. The molecule has 1 heterocycles. The Morgan fingerprint density at radius 2 is 1.94 bits per heavy atom. The highest BCUT2D eigenvalue weighted by Gasteiger charge is 2.08. The van der Waals surface area contributed by atoms with E-state index in [0.717, 1.165) is 22.9 Å². The Bertz CT molecular complexity index is 453. The number of hydrogen-bond donors (Lipinski definition) is 2. The van der Waals surface area contributed by atoms with Gasteiger partial charge in [0, 0.05) is 17.6 Å². The monoisotopic (exact) mass is 237 g/mol. The lowest BCUT2D eigenvalue weighted by Gasteiger charge is -2.12. The molecule has 3 nitrogen and oxygen atoms in total. The molecule has 0 saturated heterocycles. The van der Waals surface area contributed by atoms with Gasteiger partial charge in [0.05, 0.1) is 5.52 Å². The molecule has 1 atom stereocenters. The van der Waals surface area contributed by atoms with E-state index in [0.29, 0.717) is 6.54 Å². The van der Waals surface area contributed by atoms with Crippen LogP contribution in [0.4, 0.5) is 0 Å². The Morgan fingerprint density at radius 3 is 2.69 bits per heavy atom. The highest BCUT2D eigenvalue weighted by Crippen LogP contribution is 2.22. The van der Waals surface area contributed by atoms with Crippen molar-refractivity contribution < 1.29 is 0 Å². The van der Waals surface area contributed by atoms with Gasteiger partial charge in [-0.1, -0.05) is 18.2 Å². The van der Waals surface area contributed by atoms with Crippen LogP contribution in [0.5, 0.6) is 0 Å². The van der Waals surface area contributed by atoms with Crippen LogP contribution in [0.3, 0.4) is 0 Å². The summed E-state index contributed by atoms with van der Waals surface area (Å²) in [7, 11) is 0. The molecule has 16 heavy (non-hydrogen) atoms. The molecule has 1 aromatic heterocycles. The van der Waals surface area contributed by atoms with Crippen molar-refractivity contribution in [3.8, 4) is 0 Å². The van der Waals surface area contributed by atoms with Crippen molar-refractivity contribution in [2.75, 3.05) is 6.54 Å². The van der Waals surface area contributed by atoms with Crippen molar-refractivity contribution in [1.29, 1.82) is 0 Å². The minimum absolute atomic E-state index is 0. The number of nitrogens with zero attached hydrogens (tertiary/aromatic N) is 1. The average molecular weight is 238 g/mol. The molecular weight excluding hydrogens is 222 g/mol. The van der Waals surface area contributed by atoms with Gasteiger partial charge in [0.1, 0.15) is 0 Å². The van der Waals surface area contributed by atoms with Crippen LogP contribution in [-0.2, 0) is 0 Å². The summed E-state index contributed by atoms with van der Waals surface area (Å²) in [5.41, 5.74) is 13.7. The fraction of sp³-hybridized carbons (Fsp3) is 0.250. The van der Waals surface area contributed by atoms with Gasteiger partial charge in [-0.05, 0) is 30.7 Å². The molecule has 0 saturated carbocycles. The maximum absolute atomic E-state index is 6.06. The summed E-state index contributed by atoms with van der Waals surface area (Å²) >= 11 is 0. The third-order valence-electron chi connectivity index (χ3n) is 2.56. The van der Waals surface area contributed by atoms with Crippen molar-refractivity contribution in [3.63, 3.8) is 0 Å². The molecule has 0 spiro atoms. The molecule has 0 amide bonds. The SMILES string of the molecule is Cl.NCC[C@H](N)c1ccnc2ccccc12. The van der Waals surface area contributed by atoms with Gasteiger partial charge in [-0.25, -0.2) is 0 Å². The summed E-state index contributed by atoms with van der Waals surface area (Å²) in [6.45, 7) is 0.609. The lowest BCUT2D eigenvalue weighted by Crippen LogP contribution is -2.15. The van der Waals surface area contributed by atoms with Gasteiger partial charge < -0.3 is 11.5 Å². The zero-order chi connectivity index (χ0) is 10.7. The van der Waals surface area contributed by atoms with Gasteiger partial charge in [-0.15, -0.1) is 12.4 Å². The summed E-state index contributed by atoms with van der Waals surface area (Å²) in [5, 5.41) is 1.13. The van der Waals surface area contributed by atoms with E-state index in [1.807, 2.05) is 30.3 Å². The average Bonchev–Trinajstić information content (AvgIpc) is 2.28. The summed E-state index contributed by atoms with van der Waals surface area (Å²) in [6, 6.07) is 10.0. The first-order valence-electron chi connectivity index (χ1n) is 5.12. The zero-order valence-electron chi connectivity index (χ0n) is 8.97. The molecule has 0 aliphatic rings. The highest BCUT2D eigenvalue weighted by molar-refractivity contribution is 5.85. The number of aromatic nitrogens is 1. The summed E-state index contributed by atoms with van der Waals surface area (Å²) in [4.78, 5) is 4.30. The minimum Gasteiger partial charge on any atom is -0.330 e. The quantitative estimate of drug-likeness (QED) is 0.858. The molecule has 2 aromatic rings. The molecular formula is C12H16ClN3. The predicted octanol–water partition coefficient (Wildman–Crippen LogP) is 2.01. The van der Waals surface area contributed by atoms with Crippen LogP contribution in [0.2, 0.25) is 0 Å². The van der Waals surface area contributed by atoms with Crippen LogP contribution in [0.1, 0.15) is 18.0 Å². The third-order valence-corrected chi connectivity index (χ3v) is 2.56. The highest BCUT2D eigenvalue weighted by atomic mass is 35.5.